The number of aromatic nitrogens is 2. The van der Waals surface area contributed by atoms with Crippen LogP contribution in [0, 0.1) is 6.92 Å². The molecule has 0 spiro atoms. The third-order valence-electron chi connectivity index (χ3n) is 4.90. The zero-order chi connectivity index (χ0) is 18.5. The summed E-state index contributed by atoms with van der Waals surface area (Å²) in [7, 11) is 2.18. The predicted molar refractivity (Wildman–Crippen MR) is 110 cm³/mol. The minimum atomic E-state index is 0.784. The van der Waals surface area contributed by atoms with Gasteiger partial charge in [-0.3, -0.25) is 0 Å². The maximum Gasteiger partial charge on any atom is 0.227 e. The van der Waals surface area contributed by atoms with E-state index < -0.39 is 0 Å². The van der Waals surface area contributed by atoms with Gasteiger partial charge in [0.15, 0.2) is 0 Å². The number of hydrogen-bond acceptors (Lipinski definition) is 6. The number of nitrogens with one attached hydrogen (secondary N) is 1. The highest BCUT2D eigenvalue weighted by Crippen LogP contribution is 2.22. The van der Waals surface area contributed by atoms with Gasteiger partial charge in [-0.2, -0.15) is 4.98 Å². The van der Waals surface area contributed by atoms with Gasteiger partial charge in [-0.15, -0.1) is 0 Å². The fourth-order valence-electron chi connectivity index (χ4n) is 3.23. The first-order chi connectivity index (χ1) is 12.6. The molecular formula is C20H30N6. The number of anilines is 4. The Kier molecular flexibility index (Phi) is 5.93. The molecule has 140 valence electrons. The van der Waals surface area contributed by atoms with Gasteiger partial charge < -0.3 is 20.0 Å². The van der Waals surface area contributed by atoms with Crippen LogP contribution in [0.15, 0.2) is 30.3 Å². The van der Waals surface area contributed by atoms with Crippen LogP contribution in [0.2, 0.25) is 0 Å². The van der Waals surface area contributed by atoms with Crippen LogP contribution in [0.1, 0.15) is 19.5 Å². The lowest BCUT2D eigenvalue weighted by molar-refractivity contribution is 0.313. The second-order valence-electron chi connectivity index (χ2n) is 6.83. The highest BCUT2D eigenvalue weighted by atomic mass is 15.3. The topological polar surface area (TPSA) is 47.5 Å². The van der Waals surface area contributed by atoms with Gasteiger partial charge in [0, 0.05) is 62.4 Å². The summed E-state index contributed by atoms with van der Waals surface area (Å²) in [6.07, 6.45) is 0. The quantitative estimate of drug-likeness (QED) is 0.860. The Bertz CT molecular complexity index is 703. The van der Waals surface area contributed by atoms with Gasteiger partial charge in [0.25, 0.3) is 0 Å². The molecule has 0 amide bonds. The number of likely N-dealkylation sites (N-methyl/N-ethyl adjacent to an activating group) is 1. The highest BCUT2D eigenvalue weighted by molar-refractivity contribution is 5.62. The van der Waals surface area contributed by atoms with Crippen LogP contribution >= 0.6 is 0 Å². The Hall–Kier alpha value is -2.34. The van der Waals surface area contributed by atoms with Crippen molar-refractivity contribution < 1.29 is 0 Å². The van der Waals surface area contributed by atoms with Crippen molar-refractivity contribution in [2.24, 2.45) is 0 Å². The van der Waals surface area contributed by atoms with Crippen molar-refractivity contribution in [2.45, 2.75) is 20.8 Å². The molecule has 6 nitrogen and oxygen atoms in total. The number of piperazine rings is 1. The SMILES string of the molecule is CCN(CC)c1nc(C)cc(Nc2ccc(N3CCN(C)CC3)cc2)n1. The van der Waals surface area contributed by atoms with E-state index >= 15 is 0 Å². The molecule has 0 bridgehead atoms. The standard InChI is InChI=1S/C20H30N6/c1-5-25(6-2)20-21-16(3)15-19(23-20)22-17-7-9-18(10-8-17)26-13-11-24(4)12-14-26/h7-10,15H,5-6,11-14H2,1-4H3,(H,21,22,23). The summed E-state index contributed by atoms with van der Waals surface area (Å²) in [6.45, 7) is 12.5. The molecule has 0 aliphatic carbocycles. The molecule has 26 heavy (non-hydrogen) atoms. The van der Waals surface area contributed by atoms with E-state index in [1.54, 1.807) is 0 Å². The van der Waals surface area contributed by atoms with Crippen LogP contribution in [0.25, 0.3) is 0 Å². The van der Waals surface area contributed by atoms with Gasteiger partial charge in [-0.25, -0.2) is 4.98 Å². The average molecular weight is 355 g/mol. The third kappa shape index (κ3) is 4.43. The average Bonchev–Trinajstić information content (AvgIpc) is 2.64. The van der Waals surface area contributed by atoms with E-state index in [-0.39, 0.29) is 0 Å². The van der Waals surface area contributed by atoms with Gasteiger partial charge in [0.2, 0.25) is 5.95 Å². The van der Waals surface area contributed by atoms with Gasteiger partial charge >= 0.3 is 0 Å². The van der Waals surface area contributed by atoms with Crippen LogP contribution in [-0.4, -0.2) is 61.2 Å². The molecule has 0 unspecified atom stereocenters. The molecule has 6 heteroatoms. The molecule has 2 heterocycles. The second kappa shape index (κ2) is 8.36. The summed E-state index contributed by atoms with van der Waals surface area (Å²) in [5.41, 5.74) is 3.30. The molecule has 3 rings (SSSR count). The molecule has 1 aromatic carbocycles. The van der Waals surface area contributed by atoms with Crippen molar-refractivity contribution in [3.05, 3.63) is 36.0 Å². The van der Waals surface area contributed by atoms with E-state index in [9.17, 15) is 0 Å². The highest BCUT2D eigenvalue weighted by Gasteiger charge is 2.14. The molecule has 1 fully saturated rings. The van der Waals surface area contributed by atoms with E-state index in [0.717, 1.165) is 62.4 Å². The van der Waals surface area contributed by atoms with E-state index in [1.807, 2.05) is 13.0 Å². The third-order valence-corrected chi connectivity index (χ3v) is 4.90. The van der Waals surface area contributed by atoms with Crippen molar-refractivity contribution in [1.29, 1.82) is 0 Å². The van der Waals surface area contributed by atoms with E-state index in [1.165, 1.54) is 5.69 Å². The first-order valence-electron chi connectivity index (χ1n) is 9.50. The van der Waals surface area contributed by atoms with Crippen molar-refractivity contribution in [1.82, 2.24) is 14.9 Å². The zero-order valence-electron chi connectivity index (χ0n) is 16.4. The monoisotopic (exact) mass is 354 g/mol. The molecule has 1 N–H and O–H groups in total. The molecule has 0 atom stereocenters. The zero-order valence-corrected chi connectivity index (χ0v) is 16.4. The minimum Gasteiger partial charge on any atom is -0.369 e. The van der Waals surface area contributed by atoms with Gasteiger partial charge in [0.05, 0.1) is 0 Å². The number of hydrogen-bond donors (Lipinski definition) is 1. The number of nitrogens with zero attached hydrogens (tertiary/aromatic N) is 5. The van der Waals surface area contributed by atoms with E-state index in [0.29, 0.717) is 0 Å². The lowest BCUT2D eigenvalue weighted by Gasteiger charge is -2.34. The summed E-state index contributed by atoms with van der Waals surface area (Å²) in [5, 5.41) is 3.42. The van der Waals surface area contributed by atoms with Crippen molar-refractivity contribution >= 4 is 23.1 Å². The summed E-state index contributed by atoms with van der Waals surface area (Å²) < 4.78 is 0. The molecule has 1 saturated heterocycles. The largest absolute Gasteiger partial charge is 0.369 e. The normalized spacial score (nSPS) is 15.2. The van der Waals surface area contributed by atoms with Crippen molar-refractivity contribution in [2.75, 3.05) is 61.4 Å². The van der Waals surface area contributed by atoms with Gasteiger partial charge in [0.1, 0.15) is 5.82 Å². The molecular weight excluding hydrogens is 324 g/mol. The number of benzene rings is 1. The smallest absolute Gasteiger partial charge is 0.227 e. The van der Waals surface area contributed by atoms with Crippen LogP contribution in [0.5, 0.6) is 0 Å². The summed E-state index contributed by atoms with van der Waals surface area (Å²) in [6, 6.07) is 10.6. The maximum absolute atomic E-state index is 4.68. The summed E-state index contributed by atoms with van der Waals surface area (Å²) >= 11 is 0. The van der Waals surface area contributed by atoms with Crippen LogP contribution < -0.4 is 15.1 Å². The second-order valence-corrected chi connectivity index (χ2v) is 6.83. The number of aryl methyl sites for hydroxylation is 1. The fourth-order valence-corrected chi connectivity index (χ4v) is 3.23. The Morgan fingerprint density at radius 2 is 1.65 bits per heavy atom. The maximum atomic E-state index is 4.68. The first-order valence-corrected chi connectivity index (χ1v) is 9.50. The van der Waals surface area contributed by atoms with Crippen LogP contribution in [0.4, 0.5) is 23.1 Å². The molecule has 1 aliphatic heterocycles. The van der Waals surface area contributed by atoms with E-state index in [2.05, 4.69) is 75.1 Å². The Morgan fingerprint density at radius 3 is 2.27 bits per heavy atom. The molecule has 2 aromatic rings. The minimum absolute atomic E-state index is 0.784. The molecule has 0 radical (unpaired) electrons. The predicted octanol–water partition coefficient (Wildman–Crippen LogP) is 3.13. The lowest BCUT2D eigenvalue weighted by atomic mass is 10.2. The van der Waals surface area contributed by atoms with Crippen molar-refractivity contribution in [3.8, 4) is 0 Å². The van der Waals surface area contributed by atoms with Gasteiger partial charge in [-0.1, -0.05) is 0 Å². The summed E-state index contributed by atoms with van der Waals surface area (Å²) in [5.74, 6) is 1.62. The van der Waals surface area contributed by atoms with Crippen molar-refractivity contribution in [3.63, 3.8) is 0 Å². The first kappa shape index (κ1) is 18.5. The van der Waals surface area contributed by atoms with Crippen LogP contribution in [0.3, 0.4) is 0 Å². The van der Waals surface area contributed by atoms with Gasteiger partial charge in [-0.05, 0) is 52.1 Å². The Morgan fingerprint density at radius 1 is 1.00 bits per heavy atom. The summed E-state index contributed by atoms with van der Waals surface area (Å²) in [4.78, 5) is 16.2. The van der Waals surface area contributed by atoms with Crippen LogP contribution in [-0.2, 0) is 0 Å². The lowest BCUT2D eigenvalue weighted by Crippen LogP contribution is -2.44. The van der Waals surface area contributed by atoms with E-state index in [4.69, 9.17) is 0 Å². The number of rotatable bonds is 6. The Balaban J connectivity index is 1.71. The fraction of sp³-hybridized carbons (Fsp3) is 0.500. The molecule has 0 saturated carbocycles. The molecule has 1 aromatic heterocycles. The molecule has 1 aliphatic rings. The Labute approximate surface area is 156 Å².